The molecule has 0 aliphatic heterocycles. The minimum absolute atomic E-state index is 0.231. The Morgan fingerprint density at radius 3 is 2.39 bits per heavy atom. The number of carbonyl (C=O) groups is 2. The van der Waals surface area contributed by atoms with E-state index < -0.39 is 12.1 Å². The van der Waals surface area contributed by atoms with Gasteiger partial charge in [-0.2, -0.15) is 18.3 Å². The number of hydrogen-bond donors (Lipinski definition) is 3. The number of ether oxygens (including phenoxy) is 1. The number of nitrogens with one attached hydrogen (secondary N) is 1. The van der Waals surface area contributed by atoms with E-state index in [1.54, 1.807) is 60.7 Å². The second-order valence-corrected chi connectivity index (χ2v) is 6.71. The van der Waals surface area contributed by atoms with Crippen LogP contribution in [0, 0.1) is 0 Å². The number of carbonyl (C=O) groups excluding carboxylic acids is 1. The zero-order chi connectivity index (χ0) is 24.6. The molecule has 3 rings (SSSR count). The van der Waals surface area contributed by atoms with E-state index in [4.69, 9.17) is 32.0 Å². The van der Waals surface area contributed by atoms with Crippen molar-refractivity contribution < 1.29 is 32.6 Å². The minimum atomic E-state index is -5.08. The third-order valence-corrected chi connectivity index (χ3v) is 4.22. The van der Waals surface area contributed by atoms with Crippen LogP contribution in [-0.4, -0.2) is 51.1 Å². The number of carboxylic acids is 1. The summed E-state index contributed by atoms with van der Waals surface area (Å²) < 4.78 is 39.1. The molecule has 1 aromatic carbocycles. The molecule has 0 bridgehead atoms. The predicted molar refractivity (Wildman–Crippen MR) is 114 cm³/mol. The molecule has 0 saturated carbocycles. The number of amides is 1. The molecule has 0 aliphatic carbocycles. The molecule has 9 nitrogen and oxygen atoms in total. The first-order valence-corrected chi connectivity index (χ1v) is 9.58. The van der Waals surface area contributed by atoms with E-state index >= 15 is 0 Å². The number of aliphatic carboxylic acids is 1. The summed E-state index contributed by atoms with van der Waals surface area (Å²) in [6, 6.07) is 8.63. The normalized spacial score (nSPS) is 10.7. The molecule has 0 saturated heterocycles. The van der Waals surface area contributed by atoms with Crippen LogP contribution in [0.3, 0.4) is 0 Å². The van der Waals surface area contributed by atoms with Gasteiger partial charge in [-0.05, 0) is 30.3 Å². The van der Waals surface area contributed by atoms with Crippen molar-refractivity contribution in [2.75, 3.05) is 18.5 Å². The lowest BCUT2D eigenvalue weighted by molar-refractivity contribution is -0.192. The van der Waals surface area contributed by atoms with Crippen LogP contribution in [0.25, 0.3) is 11.3 Å². The Morgan fingerprint density at radius 1 is 1.24 bits per heavy atom. The summed E-state index contributed by atoms with van der Waals surface area (Å²) in [6.07, 6.45) is -0.384. The van der Waals surface area contributed by atoms with Crippen molar-refractivity contribution in [2.24, 2.45) is 12.8 Å². The molecule has 1 amide bonds. The SMILES string of the molecule is Cn1ncc(Cl)c1-c1cc(NC(=O)c2ccncc2)ccc1OCCN.O=C(O)C(F)(F)F. The second kappa shape index (κ2) is 11.3. The largest absolute Gasteiger partial charge is 0.492 e. The number of alkyl halides is 3. The third kappa shape index (κ3) is 7.19. The quantitative estimate of drug-likeness (QED) is 0.487. The first kappa shape index (κ1) is 25.6. The summed E-state index contributed by atoms with van der Waals surface area (Å²) in [5, 5.41) is 14.6. The molecule has 0 radical (unpaired) electrons. The van der Waals surface area contributed by atoms with Crippen LogP contribution >= 0.6 is 11.6 Å². The smallest absolute Gasteiger partial charge is 0.490 e. The lowest BCUT2D eigenvalue weighted by Crippen LogP contribution is -2.21. The van der Waals surface area contributed by atoms with Crippen molar-refractivity contribution in [2.45, 2.75) is 6.18 Å². The number of pyridine rings is 1. The van der Waals surface area contributed by atoms with Gasteiger partial charge < -0.3 is 20.9 Å². The minimum Gasteiger partial charge on any atom is -0.492 e. The Morgan fingerprint density at radius 2 is 1.88 bits per heavy atom. The van der Waals surface area contributed by atoms with Gasteiger partial charge >= 0.3 is 12.1 Å². The summed E-state index contributed by atoms with van der Waals surface area (Å²) >= 11 is 6.28. The Bertz CT molecular complexity index is 1090. The number of nitrogens with zero attached hydrogens (tertiary/aromatic N) is 3. The van der Waals surface area contributed by atoms with Crippen molar-refractivity contribution in [3.8, 4) is 17.0 Å². The number of aromatic nitrogens is 3. The van der Waals surface area contributed by atoms with E-state index in [2.05, 4.69) is 15.4 Å². The van der Waals surface area contributed by atoms with Crippen LogP contribution in [0.5, 0.6) is 5.75 Å². The molecule has 0 atom stereocenters. The van der Waals surface area contributed by atoms with Gasteiger partial charge in [0.15, 0.2) is 0 Å². The molecular weight excluding hydrogens is 467 g/mol. The standard InChI is InChI=1S/C18H18ClN5O2.C2HF3O2/c1-24-17(15(19)11-22-24)14-10-13(2-3-16(14)26-9-6-20)23-18(25)12-4-7-21-8-5-12;3-2(4,5)1(6)7/h2-5,7-8,10-11H,6,9,20H2,1H3,(H,23,25);(H,6,7). The van der Waals surface area contributed by atoms with E-state index in [9.17, 15) is 18.0 Å². The molecule has 0 spiro atoms. The average molecular weight is 486 g/mol. The number of aryl methyl sites for hydroxylation is 1. The Kier molecular flexibility index (Phi) is 8.77. The van der Waals surface area contributed by atoms with E-state index in [1.807, 2.05) is 0 Å². The van der Waals surface area contributed by atoms with Crippen LogP contribution in [0.2, 0.25) is 5.02 Å². The highest BCUT2D eigenvalue weighted by Gasteiger charge is 2.38. The summed E-state index contributed by atoms with van der Waals surface area (Å²) in [4.78, 5) is 25.2. The molecule has 2 heterocycles. The van der Waals surface area contributed by atoms with Crippen molar-refractivity contribution in [1.82, 2.24) is 14.8 Å². The molecule has 3 aromatic rings. The Hall–Kier alpha value is -3.64. The van der Waals surface area contributed by atoms with Crippen LogP contribution < -0.4 is 15.8 Å². The lowest BCUT2D eigenvalue weighted by Gasteiger charge is -2.14. The third-order valence-electron chi connectivity index (χ3n) is 3.95. The molecule has 0 unspecified atom stereocenters. The average Bonchev–Trinajstić information content (AvgIpc) is 3.11. The van der Waals surface area contributed by atoms with Crippen LogP contribution in [-0.2, 0) is 11.8 Å². The van der Waals surface area contributed by atoms with Gasteiger partial charge in [-0.3, -0.25) is 14.5 Å². The van der Waals surface area contributed by atoms with Crippen LogP contribution in [0.4, 0.5) is 18.9 Å². The van der Waals surface area contributed by atoms with Gasteiger partial charge in [-0.25, -0.2) is 4.79 Å². The second-order valence-electron chi connectivity index (χ2n) is 6.31. The van der Waals surface area contributed by atoms with Crippen molar-refractivity contribution in [3.63, 3.8) is 0 Å². The fourth-order valence-electron chi connectivity index (χ4n) is 2.51. The number of anilines is 1. The highest BCUT2D eigenvalue weighted by atomic mass is 35.5. The van der Waals surface area contributed by atoms with Gasteiger partial charge in [-0.1, -0.05) is 11.6 Å². The topological polar surface area (TPSA) is 132 Å². The highest BCUT2D eigenvalue weighted by Crippen LogP contribution is 2.36. The Balaban J connectivity index is 0.000000479. The zero-order valence-corrected chi connectivity index (χ0v) is 17.9. The first-order chi connectivity index (χ1) is 15.5. The van der Waals surface area contributed by atoms with E-state index in [-0.39, 0.29) is 5.91 Å². The summed E-state index contributed by atoms with van der Waals surface area (Å²) in [5.74, 6) is -2.37. The van der Waals surface area contributed by atoms with Gasteiger partial charge in [0, 0.05) is 42.8 Å². The maximum atomic E-state index is 12.4. The lowest BCUT2D eigenvalue weighted by atomic mass is 10.1. The van der Waals surface area contributed by atoms with E-state index in [0.717, 1.165) is 5.56 Å². The number of nitrogens with two attached hydrogens (primary N) is 1. The maximum absolute atomic E-state index is 12.4. The fraction of sp³-hybridized carbons (Fsp3) is 0.200. The molecule has 0 aliphatic rings. The molecule has 33 heavy (non-hydrogen) atoms. The fourth-order valence-corrected chi connectivity index (χ4v) is 2.78. The molecule has 2 aromatic heterocycles. The highest BCUT2D eigenvalue weighted by molar-refractivity contribution is 6.33. The first-order valence-electron chi connectivity index (χ1n) is 9.20. The van der Waals surface area contributed by atoms with Crippen molar-refractivity contribution in [1.29, 1.82) is 0 Å². The molecule has 4 N–H and O–H groups in total. The zero-order valence-electron chi connectivity index (χ0n) is 17.1. The molecule has 13 heteroatoms. The van der Waals surface area contributed by atoms with E-state index in [1.165, 1.54) is 0 Å². The molecule has 0 fully saturated rings. The summed E-state index contributed by atoms with van der Waals surface area (Å²) in [7, 11) is 1.79. The number of carboxylic acid groups (broad SMARTS) is 1. The molecular formula is C20H19ClF3N5O4. The summed E-state index contributed by atoms with van der Waals surface area (Å²) in [5.41, 5.74) is 8.07. The van der Waals surface area contributed by atoms with Crippen LogP contribution in [0.1, 0.15) is 10.4 Å². The monoisotopic (exact) mass is 485 g/mol. The number of hydrogen-bond acceptors (Lipinski definition) is 6. The van der Waals surface area contributed by atoms with Gasteiger partial charge in [0.2, 0.25) is 0 Å². The molecule has 176 valence electrons. The van der Waals surface area contributed by atoms with Gasteiger partial charge in [0.1, 0.15) is 12.4 Å². The maximum Gasteiger partial charge on any atom is 0.490 e. The number of benzene rings is 1. The summed E-state index contributed by atoms with van der Waals surface area (Å²) in [6.45, 7) is 0.754. The van der Waals surface area contributed by atoms with Crippen LogP contribution in [0.15, 0.2) is 48.9 Å². The van der Waals surface area contributed by atoms with E-state index in [0.29, 0.717) is 40.9 Å². The van der Waals surface area contributed by atoms with Gasteiger partial charge in [0.25, 0.3) is 5.91 Å². The van der Waals surface area contributed by atoms with Gasteiger partial charge in [-0.15, -0.1) is 0 Å². The number of rotatable bonds is 6. The number of halogens is 4. The van der Waals surface area contributed by atoms with Crippen molar-refractivity contribution in [3.05, 3.63) is 59.5 Å². The Labute approximate surface area is 190 Å². The predicted octanol–water partition coefficient (Wildman–Crippen LogP) is 3.36. The van der Waals surface area contributed by atoms with Gasteiger partial charge in [0.05, 0.1) is 16.9 Å². The van der Waals surface area contributed by atoms with Crippen molar-refractivity contribution >= 4 is 29.2 Å².